The Morgan fingerprint density at radius 3 is 2.46 bits per heavy atom. The Hall–Kier alpha value is -5.11. The molecule has 252 valence electrons. The summed E-state index contributed by atoms with van der Waals surface area (Å²) in [5, 5.41) is 21.5. The molecule has 0 unspecified atom stereocenters. The van der Waals surface area contributed by atoms with Gasteiger partial charge in [0.1, 0.15) is 6.04 Å². The lowest BCUT2D eigenvalue weighted by Gasteiger charge is -2.19. The number of ether oxygens (including phenoxy) is 3. The van der Waals surface area contributed by atoms with Gasteiger partial charge in [0.25, 0.3) is 0 Å². The van der Waals surface area contributed by atoms with Crippen molar-refractivity contribution in [3.05, 3.63) is 69.9 Å². The van der Waals surface area contributed by atoms with Gasteiger partial charge in [-0.3, -0.25) is 14.4 Å². The van der Waals surface area contributed by atoms with Gasteiger partial charge in [0, 0.05) is 18.1 Å². The maximum atomic E-state index is 13.9. The summed E-state index contributed by atoms with van der Waals surface area (Å²) in [6.07, 6.45) is 3.51. The third kappa shape index (κ3) is 7.23. The van der Waals surface area contributed by atoms with Gasteiger partial charge < -0.3 is 30.2 Å². The molecule has 5 rings (SSSR count). The van der Waals surface area contributed by atoms with Crippen molar-refractivity contribution in [2.75, 3.05) is 44.0 Å². The van der Waals surface area contributed by atoms with Crippen LogP contribution in [-0.4, -0.2) is 71.4 Å². The largest absolute Gasteiger partial charge is 0.493 e. The first-order valence-corrected chi connectivity index (χ1v) is 16.8. The molecule has 0 radical (unpaired) electrons. The lowest BCUT2D eigenvalue weighted by molar-refractivity contribution is -0.120. The molecule has 0 aliphatic heterocycles. The number of hydrogen-bond donors (Lipinski definition) is 3. The number of hydrogen-bond acceptors (Lipinski definition) is 11. The average molecular weight is 674 g/mol. The molecule has 0 saturated carbocycles. The summed E-state index contributed by atoms with van der Waals surface area (Å²) in [6, 6.07) is 12.9. The van der Waals surface area contributed by atoms with E-state index in [0.29, 0.717) is 70.5 Å². The van der Waals surface area contributed by atoms with Gasteiger partial charge in [0.05, 0.1) is 45.8 Å². The summed E-state index contributed by atoms with van der Waals surface area (Å²) in [6.45, 7) is 1.45. The Bertz CT molecular complexity index is 1880. The third-order valence-corrected chi connectivity index (χ3v) is 8.75. The number of fused-ring (bicyclic) bond motifs is 3. The van der Waals surface area contributed by atoms with Crippen LogP contribution in [0.3, 0.4) is 0 Å². The van der Waals surface area contributed by atoms with E-state index in [0.717, 1.165) is 11.1 Å². The first-order chi connectivity index (χ1) is 23.2. The van der Waals surface area contributed by atoms with Gasteiger partial charge in [-0.2, -0.15) is 16.6 Å². The van der Waals surface area contributed by atoms with E-state index < -0.39 is 12.1 Å². The van der Waals surface area contributed by atoms with Crippen molar-refractivity contribution in [1.29, 1.82) is 0 Å². The Kier molecular flexibility index (Phi) is 10.8. The van der Waals surface area contributed by atoms with E-state index in [1.165, 1.54) is 24.9 Å². The molecule has 0 spiro atoms. The minimum atomic E-state index is -0.757. The minimum absolute atomic E-state index is 0.220. The number of para-hydroxylation sites is 1. The van der Waals surface area contributed by atoms with E-state index in [1.54, 1.807) is 51.2 Å². The zero-order valence-electron chi connectivity index (χ0n) is 27.7. The van der Waals surface area contributed by atoms with E-state index in [9.17, 15) is 14.4 Å². The molecular formula is C34H39N7O6S. The number of carbonyl (C=O) groups excluding carboxylic acids is 2. The maximum Gasteiger partial charge on any atom is 0.246 e. The Balaban J connectivity index is 1.58. The van der Waals surface area contributed by atoms with Crippen LogP contribution in [0.1, 0.15) is 36.9 Å². The van der Waals surface area contributed by atoms with Gasteiger partial charge >= 0.3 is 0 Å². The fourth-order valence-electron chi connectivity index (χ4n) is 5.92. The van der Waals surface area contributed by atoms with Crippen molar-refractivity contribution in [2.45, 2.75) is 38.3 Å². The quantitative estimate of drug-likeness (QED) is 0.198. The highest BCUT2D eigenvalue weighted by atomic mass is 32.2. The molecule has 3 aromatic carbocycles. The zero-order valence-corrected chi connectivity index (χ0v) is 28.6. The van der Waals surface area contributed by atoms with E-state index in [1.807, 2.05) is 30.5 Å². The molecule has 48 heavy (non-hydrogen) atoms. The second kappa shape index (κ2) is 15.2. The predicted octanol–water partition coefficient (Wildman–Crippen LogP) is 4.23. The first kappa shape index (κ1) is 34.2. The Labute approximate surface area is 282 Å². The van der Waals surface area contributed by atoms with Crippen LogP contribution in [0.5, 0.6) is 17.2 Å². The summed E-state index contributed by atoms with van der Waals surface area (Å²) >= 11 is 1.60. The van der Waals surface area contributed by atoms with E-state index in [-0.39, 0.29) is 22.9 Å². The zero-order chi connectivity index (χ0) is 34.4. The standard InChI is InChI=1S/C34H39N7O6S/c1-19(42)35-25-13-11-20-17-29(45-3)31(46-4)32(47-5)30(20)21-12-14-26(28(43)18-23(21)25)36-27(15-16-48-6)34(44)37-24-10-8-7-9-22(24)33-38-40-41(2)39-33/h7-10,12,14,17-18,25,27H,11,13,15-16H2,1-6H3,(H,35,42)(H,36,43)(H,37,44)/t25-,27-/m1/s1. The van der Waals surface area contributed by atoms with E-state index >= 15 is 0 Å². The number of methoxy groups -OCH3 is 3. The number of tetrazole rings is 1. The number of anilines is 2. The molecule has 0 fully saturated rings. The number of aromatic nitrogens is 4. The molecule has 0 saturated heterocycles. The molecule has 1 heterocycles. The SMILES string of the molecule is COc1cc2c(c(OC)c1OC)-c1ccc(N[C@H](CCSC)C(=O)Nc3ccccc3-c3nnn(C)n3)c(=O)cc1[C@H](NC(C)=O)CC2. The molecular weight excluding hydrogens is 634 g/mol. The summed E-state index contributed by atoms with van der Waals surface area (Å²) in [5.41, 5.74) is 4.01. The van der Waals surface area contributed by atoms with Crippen LogP contribution in [0, 0.1) is 0 Å². The van der Waals surface area contributed by atoms with Crippen LogP contribution in [0.15, 0.2) is 53.3 Å². The second-order valence-corrected chi connectivity index (χ2v) is 12.2. The van der Waals surface area contributed by atoms with Crippen molar-refractivity contribution in [1.82, 2.24) is 25.5 Å². The summed E-state index contributed by atoms with van der Waals surface area (Å²) < 4.78 is 17.2. The number of benzene rings is 2. The van der Waals surface area contributed by atoms with Crippen LogP contribution in [-0.2, 0) is 23.1 Å². The Morgan fingerprint density at radius 2 is 1.79 bits per heavy atom. The van der Waals surface area contributed by atoms with Gasteiger partial charge in [-0.15, -0.1) is 10.2 Å². The van der Waals surface area contributed by atoms with Gasteiger partial charge in [-0.25, -0.2) is 0 Å². The summed E-state index contributed by atoms with van der Waals surface area (Å²) in [5.74, 6) is 1.88. The molecule has 0 bridgehead atoms. The second-order valence-electron chi connectivity index (χ2n) is 11.2. The number of carbonyl (C=O) groups is 2. The number of aryl methyl sites for hydroxylation is 2. The minimum Gasteiger partial charge on any atom is -0.493 e. The fourth-order valence-corrected chi connectivity index (χ4v) is 6.39. The van der Waals surface area contributed by atoms with Crippen molar-refractivity contribution in [3.63, 3.8) is 0 Å². The van der Waals surface area contributed by atoms with Crippen molar-refractivity contribution in [3.8, 4) is 39.8 Å². The molecule has 1 aromatic heterocycles. The normalized spacial score (nSPS) is 14.1. The van der Waals surface area contributed by atoms with Crippen molar-refractivity contribution >= 4 is 35.0 Å². The summed E-state index contributed by atoms with van der Waals surface area (Å²) in [7, 11) is 6.32. The highest BCUT2D eigenvalue weighted by molar-refractivity contribution is 7.98. The molecule has 2 amide bonds. The van der Waals surface area contributed by atoms with Crippen LogP contribution in [0.4, 0.5) is 11.4 Å². The van der Waals surface area contributed by atoms with Crippen LogP contribution in [0.2, 0.25) is 0 Å². The van der Waals surface area contributed by atoms with E-state index in [2.05, 4.69) is 31.4 Å². The highest BCUT2D eigenvalue weighted by Crippen LogP contribution is 2.50. The van der Waals surface area contributed by atoms with Crippen molar-refractivity contribution in [2.24, 2.45) is 7.05 Å². The molecule has 2 atom stereocenters. The van der Waals surface area contributed by atoms with Crippen LogP contribution >= 0.6 is 11.8 Å². The lowest BCUT2D eigenvalue weighted by Crippen LogP contribution is -2.36. The van der Waals surface area contributed by atoms with E-state index in [4.69, 9.17) is 14.2 Å². The van der Waals surface area contributed by atoms with Crippen molar-refractivity contribution < 1.29 is 23.8 Å². The van der Waals surface area contributed by atoms with Gasteiger partial charge in [0.15, 0.2) is 11.5 Å². The van der Waals surface area contributed by atoms with Gasteiger partial charge in [0.2, 0.25) is 28.8 Å². The maximum absolute atomic E-state index is 13.9. The molecule has 14 heteroatoms. The Morgan fingerprint density at radius 1 is 1.02 bits per heavy atom. The van der Waals surface area contributed by atoms with Crippen LogP contribution < -0.4 is 35.6 Å². The van der Waals surface area contributed by atoms with Crippen LogP contribution in [0.25, 0.3) is 22.5 Å². The first-order valence-electron chi connectivity index (χ1n) is 15.4. The van der Waals surface area contributed by atoms with Gasteiger partial charge in [-0.1, -0.05) is 18.2 Å². The lowest BCUT2D eigenvalue weighted by atomic mass is 9.95. The number of rotatable bonds is 12. The highest BCUT2D eigenvalue weighted by Gasteiger charge is 2.30. The number of nitrogens with one attached hydrogen (secondary N) is 3. The number of amides is 2. The number of thioether (sulfide) groups is 1. The van der Waals surface area contributed by atoms with Gasteiger partial charge in [-0.05, 0) is 83.5 Å². The smallest absolute Gasteiger partial charge is 0.246 e. The topological polar surface area (TPSA) is 159 Å². The molecule has 13 nitrogen and oxygen atoms in total. The average Bonchev–Trinajstić information content (AvgIpc) is 3.38. The number of nitrogens with zero attached hydrogens (tertiary/aromatic N) is 4. The summed E-state index contributed by atoms with van der Waals surface area (Å²) in [4.78, 5) is 41.4. The molecule has 3 N–H and O–H groups in total. The predicted molar refractivity (Wildman–Crippen MR) is 186 cm³/mol. The fraction of sp³-hybridized carbons (Fsp3) is 0.353. The monoisotopic (exact) mass is 673 g/mol. The molecule has 4 aromatic rings. The third-order valence-electron chi connectivity index (χ3n) is 8.11. The molecule has 1 aliphatic rings. The molecule has 1 aliphatic carbocycles.